The number of nitrogens with zero attached hydrogens (tertiary/aromatic N) is 1. The largest absolute Gasteiger partial charge is 0.472 e. The Hall–Kier alpha value is -2.06. The summed E-state index contributed by atoms with van der Waals surface area (Å²) in [6.45, 7) is 4.79. The fourth-order valence-corrected chi connectivity index (χ4v) is 9.14. The first-order valence-electron chi connectivity index (χ1n) is 29.3. The summed E-state index contributed by atoms with van der Waals surface area (Å²) in [5.74, 6) is -0.149. The standard InChI is InChI=1S/C61H113N2O6P/c1-6-8-10-12-14-16-18-20-22-24-26-27-28-29-30-31-32-33-34-35-37-39-41-43-45-47-49-51-53-55-61(65)62-59(58-69-70(66,67)68-57-56-63(3,4)5)60(64)54-52-50-48-46-44-42-40-38-36-25-23-21-19-17-15-13-11-9-7-2/h8,10,14,16,20,22,26-27,29-30,32-33,59-60,64H,6-7,9,11-13,15,17-19,21,23-25,28,31,34-58H2,1-5H3,(H-,62,65,66,67)/p+1/b10-8-,16-14-,22-20-,27-26-,30-29-,33-32-. The van der Waals surface area contributed by atoms with E-state index in [-0.39, 0.29) is 19.1 Å². The molecular weight excluding hydrogens is 888 g/mol. The molecule has 0 aromatic rings. The zero-order valence-corrected chi connectivity index (χ0v) is 47.4. The smallest absolute Gasteiger partial charge is 0.391 e. The lowest BCUT2D eigenvalue weighted by Gasteiger charge is -2.26. The molecule has 8 nitrogen and oxygen atoms in total. The highest BCUT2D eigenvalue weighted by Gasteiger charge is 2.28. The fraction of sp³-hybridized carbons (Fsp3) is 0.787. The van der Waals surface area contributed by atoms with Crippen LogP contribution in [-0.2, 0) is 18.4 Å². The Labute approximate surface area is 434 Å². The predicted octanol–water partition coefficient (Wildman–Crippen LogP) is 17.9. The molecule has 0 aromatic carbocycles. The van der Waals surface area contributed by atoms with Crippen LogP contribution in [0, 0.1) is 0 Å². The van der Waals surface area contributed by atoms with Crippen LogP contribution in [-0.4, -0.2) is 73.4 Å². The summed E-state index contributed by atoms with van der Waals surface area (Å²) in [4.78, 5) is 23.4. The Morgan fingerprint density at radius 3 is 1.26 bits per heavy atom. The lowest BCUT2D eigenvalue weighted by molar-refractivity contribution is -0.870. The molecule has 0 heterocycles. The highest BCUT2D eigenvalue weighted by atomic mass is 31.2. The van der Waals surface area contributed by atoms with Crippen LogP contribution in [0.5, 0.6) is 0 Å². The van der Waals surface area contributed by atoms with Gasteiger partial charge in [0.15, 0.2) is 0 Å². The second-order valence-corrected chi connectivity index (χ2v) is 22.4. The molecule has 0 rings (SSSR count). The van der Waals surface area contributed by atoms with Crippen molar-refractivity contribution in [2.75, 3.05) is 40.9 Å². The number of phosphoric acid groups is 1. The lowest BCUT2D eigenvalue weighted by atomic mass is 10.0. The molecule has 408 valence electrons. The highest BCUT2D eigenvalue weighted by Crippen LogP contribution is 2.43. The number of hydrogen-bond donors (Lipinski definition) is 3. The summed E-state index contributed by atoms with van der Waals surface area (Å²) in [5.41, 5.74) is 0. The van der Waals surface area contributed by atoms with Gasteiger partial charge in [0.2, 0.25) is 5.91 Å². The molecule has 1 amide bonds. The topological polar surface area (TPSA) is 105 Å². The first-order valence-corrected chi connectivity index (χ1v) is 30.8. The van der Waals surface area contributed by atoms with Gasteiger partial charge in [-0.2, -0.15) is 0 Å². The number of carbonyl (C=O) groups is 1. The molecule has 0 radical (unpaired) electrons. The number of allylic oxidation sites excluding steroid dienone is 12. The van der Waals surface area contributed by atoms with E-state index in [1.165, 1.54) is 154 Å². The zero-order chi connectivity index (χ0) is 51.3. The normalized spacial score (nSPS) is 14.4. The summed E-state index contributed by atoms with van der Waals surface area (Å²) in [5, 5.41) is 14.1. The van der Waals surface area contributed by atoms with Crippen molar-refractivity contribution in [3.63, 3.8) is 0 Å². The number of unbranched alkanes of at least 4 members (excludes halogenated alkanes) is 28. The fourth-order valence-electron chi connectivity index (χ4n) is 8.40. The molecule has 3 N–H and O–H groups in total. The van der Waals surface area contributed by atoms with Crippen LogP contribution in [0.3, 0.4) is 0 Å². The number of amides is 1. The molecule has 0 spiro atoms. The molecule has 0 aliphatic heterocycles. The van der Waals surface area contributed by atoms with Gasteiger partial charge in [-0.15, -0.1) is 0 Å². The monoisotopic (exact) mass is 1000 g/mol. The lowest BCUT2D eigenvalue weighted by Crippen LogP contribution is -2.46. The Balaban J connectivity index is 4.17. The van der Waals surface area contributed by atoms with E-state index in [0.29, 0.717) is 23.9 Å². The third kappa shape index (κ3) is 53.7. The van der Waals surface area contributed by atoms with Gasteiger partial charge in [-0.3, -0.25) is 13.8 Å². The zero-order valence-electron chi connectivity index (χ0n) is 46.5. The second kappa shape index (κ2) is 51.8. The number of nitrogens with one attached hydrogen (secondary N) is 1. The van der Waals surface area contributed by atoms with E-state index >= 15 is 0 Å². The Bertz CT molecular complexity index is 1370. The minimum absolute atomic E-state index is 0.0714. The van der Waals surface area contributed by atoms with Crippen LogP contribution in [0.15, 0.2) is 72.9 Å². The number of carbonyl (C=O) groups excluding carboxylic acids is 1. The molecule has 0 fully saturated rings. The molecular formula is C61H114N2O6P+. The van der Waals surface area contributed by atoms with E-state index in [9.17, 15) is 19.4 Å². The van der Waals surface area contributed by atoms with Gasteiger partial charge in [-0.25, -0.2) is 4.57 Å². The maximum absolute atomic E-state index is 13.0. The Morgan fingerprint density at radius 2 is 0.857 bits per heavy atom. The number of likely N-dealkylation sites (N-methyl/N-ethyl adjacent to an activating group) is 1. The average molecular weight is 1000 g/mol. The molecule has 3 unspecified atom stereocenters. The molecule has 0 aromatic heterocycles. The summed E-state index contributed by atoms with van der Waals surface area (Å²) in [6, 6.07) is -0.767. The van der Waals surface area contributed by atoms with E-state index in [4.69, 9.17) is 9.05 Å². The Morgan fingerprint density at radius 1 is 0.500 bits per heavy atom. The van der Waals surface area contributed by atoms with E-state index in [0.717, 1.165) is 77.0 Å². The first-order chi connectivity index (χ1) is 34.0. The van der Waals surface area contributed by atoms with E-state index in [1.807, 2.05) is 21.1 Å². The number of aliphatic hydroxyl groups is 1. The van der Waals surface area contributed by atoms with Gasteiger partial charge >= 0.3 is 7.82 Å². The summed E-state index contributed by atoms with van der Waals surface area (Å²) in [7, 11) is 1.61. The molecule has 0 aliphatic rings. The summed E-state index contributed by atoms with van der Waals surface area (Å²) in [6.07, 6.45) is 70.9. The third-order valence-electron chi connectivity index (χ3n) is 13.0. The molecule has 70 heavy (non-hydrogen) atoms. The average Bonchev–Trinajstić information content (AvgIpc) is 3.32. The van der Waals surface area contributed by atoms with Crippen molar-refractivity contribution in [3.8, 4) is 0 Å². The molecule has 9 heteroatoms. The van der Waals surface area contributed by atoms with Gasteiger partial charge in [-0.05, 0) is 64.2 Å². The second-order valence-electron chi connectivity index (χ2n) is 21.0. The number of aliphatic hydroxyl groups excluding tert-OH is 1. The van der Waals surface area contributed by atoms with Gasteiger partial charge in [0, 0.05) is 6.42 Å². The first kappa shape index (κ1) is 67.9. The van der Waals surface area contributed by atoms with Gasteiger partial charge in [0.1, 0.15) is 13.2 Å². The van der Waals surface area contributed by atoms with E-state index in [2.05, 4.69) is 92.1 Å². The molecule has 0 saturated heterocycles. The van der Waals surface area contributed by atoms with E-state index < -0.39 is 20.0 Å². The van der Waals surface area contributed by atoms with Gasteiger partial charge in [-0.1, -0.05) is 260 Å². The van der Waals surface area contributed by atoms with Crippen LogP contribution in [0.25, 0.3) is 0 Å². The van der Waals surface area contributed by atoms with Crippen molar-refractivity contribution in [2.45, 2.75) is 270 Å². The van der Waals surface area contributed by atoms with Crippen LogP contribution < -0.4 is 5.32 Å². The van der Waals surface area contributed by atoms with Crippen molar-refractivity contribution >= 4 is 13.7 Å². The molecule has 0 aliphatic carbocycles. The van der Waals surface area contributed by atoms with Gasteiger partial charge in [0.25, 0.3) is 0 Å². The van der Waals surface area contributed by atoms with Crippen LogP contribution in [0.1, 0.15) is 258 Å². The number of rotatable bonds is 53. The van der Waals surface area contributed by atoms with E-state index in [1.54, 1.807) is 0 Å². The summed E-state index contributed by atoms with van der Waals surface area (Å²) < 4.78 is 23.8. The van der Waals surface area contributed by atoms with Crippen molar-refractivity contribution in [2.24, 2.45) is 0 Å². The minimum Gasteiger partial charge on any atom is -0.391 e. The van der Waals surface area contributed by atoms with Crippen molar-refractivity contribution < 1.29 is 32.9 Å². The highest BCUT2D eigenvalue weighted by molar-refractivity contribution is 7.47. The number of quaternary nitrogens is 1. The number of phosphoric ester groups is 1. The summed E-state index contributed by atoms with van der Waals surface area (Å²) >= 11 is 0. The third-order valence-corrected chi connectivity index (χ3v) is 14.0. The number of hydrogen-bond acceptors (Lipinski definition) is 5. The quantitative estimate of drug-likeness (QED) is 0.0243. The molecule has 0 bridgehead atoms. The van der Waals surface area contributed by atoms with Crippen LogP contribution in [0.4, 0.5) is 0 Å². The predicted molar refractivity (Wildman–Crippen MR) is 304 cm³/mol. The maximum Gasteiger partial charge on any atom is 0.472 e. The van der Waals surface area contributed by atoms with Crippen molar-refractivity contribution in [1.82, 2.24) is 5.32 Å². The SMILES string of the molecule is CC/C=C\C/C=C\C/C=C\C/C=C\C/C=C\C/C=C\CCCCCCCCCCCCC(=O)NC(COP(=O)(O)OCC[N+](C)(C)C)C(O)CCCCCCCCCCCCCCCCCCCCC. The van der Waals surface area contributed by atoms with Crippen LogP contribution in [0.2, 0.25) is 0 Å². The van der Waals surface area contributed by atoms with Crippen molar-refractivity contribution in [3.05, 3.63) is 72.9 Å². The van der Waals surface area contributed by atoms with Gasteiger partial charge < -0.3 is 19.8 Å². The molecule has 0 saturated carbocycles. The Kier molecular flexibility index (Phi) is 50.3. The van der Waals surface area contributed by atoms with Crippen LogP contribution >= 0.6 is 7.82 Å². The minimum atomic E-state index is -4.33. The maximum atomic E-state index is 13.0. The van der Waals surface area contributed by atoms with Gasteiger partial charge in [0.05, 0.1) is 39.9 Å². The van der Waals surface area contributed by atoms with Crippen molar-refractivity contribution in [1.29, 1.82) is 0 Å². The molecule has 3 atom stereocenters.